The lowest BCUT2D eigenvalue weighted by molar-refractivity contribution is -0.144. The number of ether oxygens (including phenoxy) is 1. The molecule has 5 heteroatoms. The van der Waals surface area contributed by atoms with E-state index in [1.165, 1.54) is 0 Å². The van der Waals surface area contributed by atoms with Crippen molar-refractivity contribution in [1.29, 1.82) is 0 Å². The molecule has 2 N–H and O–H groups in total. The second kappa shape index (κ2) is 5.49. The van der Waals surface area contributed by atoms with Crippen molar-refractivity contribution in [3.63, 3.8) is 0 Å². The van der Waals surface area contributed by atoms with Crippen LogP contribution in [0.25, 0.3) is 0 Å². The molecule has 1 amide bonds. The maximum atomic E-state index is 11.4. The van der Waals surface area contributed by atoms with Crippen molar-refractivity contribution in [2.24, 2.45) is 5.92 Å². The van der Waals surface area contributed by atoms with Gasteiger partial charge in [-0.2, -0.15) is 0 Å². The Labute approximate surface area is 101 Å². The second-order valence-electron chi connectivity index (χ2n) is 4.96. The summed E-state index contributed by atoms with van der Waals surface area (Å²) < 4.78 is 5.50. The van der Waals surface area contributed by atoms with Crippen molar-refractivity contribution in [2.45, 2.75) is 50.7 Å². The lowest BCUT2D eigenvalue weighted by Crippen LogP contribution is -2.33. The van der Waals surface area contributed by atoms with E-state index in [0.717, 1.165) is 25.7 Å². The van der Waals surface area contributed by atoms with E-state index in [4.69, 9.17) is 9.84 Å². The van der Waals surface area contributed by atoms with Gasteiger partial charge in [0.15, 0.2) is 0 Å². The summed E-state index contributed by atoms with van der Waals surface area (Å²) in [4.78, 5) is 22.1. The van der Waals surface area contributed by atoms with Crippen molar-refractivity contribution in [3.8, 4) is 0 Å². The molecular formula is C12H19NO4. The minimum atomic E-state index is -0.713. The van der Waals surface area contributed by atoms with Gasteiger partial charge in [-0.15, -0.1) is 0 Å². The first-order valence-electron chi connectivity index (χ1n) is 6.29. The fourth-order valence-electron chi connectivity index (χ4n) is 2.17. The van der Waals surface area contributed by atoms with Crippen LogP contribution in [0.1, 0.15) is 38.5 Å². The highest BCUT2D eigenvalue weighted by molar-refractivity contribution is 5.77. The highest BCUT2D eigenvalue weighted by atomic mass is 16.5. The Balaban J connectivity index is 1.60. The number of carbonyl (C=O) groups excluding carboxylic acids is 1. The molecule has 96 valence electrons. The summed E-state index contributed by atoms with van der Waals surface area (Å²) in [6.07, 6.45) is 5.01. The Kier molecular flexibility index (Phi) is 3.99. The lowest BCUT2D eigenvalue weighted by Gasteiger charge is -2.25. The van der Waals surface area contributed by atoms with Gasteiger partial charge in [-0.25, -0.2) is 0 Å². The third-order valence-electron chi connectivity index (χ3n) is 3.42. The number of carboxylic acid groups (broad SMARTS) is 1. The van der Waals surface area contributed by atoms with E-state index in [-0.39, 0.29) is 24.5 Å². The summed E-state index contributed by atoms with van der Waals surface area (Å²) >= 11 is 0. The fraction of sp³-hybridized carbons (Fsp3) is 0.833. The minimum Gasteiger partial charge on any atom is -0.481 e. The lowest BCUT2D eigenvalue weighted by atomic mass is 9.87. The molecule has 0 bridgehead atoms. The molecule has 0 radical (unpaired) electrons. The van der Waals surface area contributed by atoms with Gasteiger partial charge in [0.25, 0.3) is 0 Å². The maximum Gasteiger partial charge on any atom is 0.306 e. The molecule has 0 aromatic heterocycles. The average molecular weight is 241 g/mol. The minimum absolute atomic E-state index is 0.0483. The topological polar surface area (TPSA) is 75.6 Å². The van der Waals surface area contributed by atoms with E-state index in [2.05, 4.69) is 5.32 Å². The van der Waals surface area contributed by atoms with E-state index in [9.17, 15) is 9.59 Å². The van der Waals surface area contributed by atoms with E-state index in [1.54, 1.807) is 0 Å². The normalized spacial score (nSPS) is 28.7. The molecule has 2 aliphatic rings. The third-order valence-corrected chi connectivity index (χ3v) is 3.42. The number of rotatable bonds is 5. The molecule has 0 saturated heterocycles. The number of carbonyl (C=O) groups is 2. The van der Waals surface area contributed by atoms with E-state index in [0.29, 0.717) is 18.9 Å². The first-order chi connectivity index (χ1) is 8.15. The van der Waals surface area contributed by atoms with Crippen LogP contribution < -0.4 is 5.32 Å². The molecule has 2 rings (SSSR count). The van der Waals surface area contributed by atoms with Crippen molar-refractivity contribution in [2.75, 3.05) is 6.61 Å². The summed E-state index contributed by atoms with van der Waals surface area (Å²) in [5.41, 5.74) is 0. The molecule has 2 fully saturated rings. The summed E-state index contributed by atoms with van der Waals surface area (Å²) in [5.74, 6) is -0.988. The smallest absolute Gasteiger partial charge is 0.306 e. The number of hydrogen-bond donors (Lipinski definition) is 2. The Morgan fingerprint density at radius 2 is 1.76 bits per heavy atom. The zero-order chi connectivity index (χ0) is 12.3. The van der Waals surface area contributed by atoms with Gasteiger partial charge < -0.3 is 15.2 Å². The molecular weight excluding hydrogens is 222 g/mol. The van der Waals surface area contributed by atoms with Crippen LogP contribution in [0.4, 0.5) is 0 Å². The van der Waals surface area contributed by atoms with Crippen LogP contribution in [0.2, 0.25) is 0 Å². The average Bonchev–Trinajstić information content (AvgIpc) is 3.11. The third kappa shape index (κ3) is 4.00. The SMILES string of the molecule is O=C(COC1CCC(C(=O)O)CC1)NC1CC1. The summed E-state index contributed by atoms with van der Waals surface area (Å²) in [7, 11) is 0. The maximum absolute atomic E-state index is 11.4. The van der Waals surface area contributed by atoms with Crippen LogP contribution in [0, 0.1) is 5.92 Å². The highest BCUT2D eigenvalue weighted by Gasteiger charge is 2.27. The standard InChI is InChI=1S/C12H19NO4/c14-11(13-9-3-4-9)7-17-10-5-1-8(2-6-10)12(15)16/h8-10H,1-7H2,(H,13,14)(H,15,16). The molecule has 2 aliphatic carbocycles. The Hall–Kier alpha value is -1.10. The van der Waals surface area contributed by atoms with Crippen LogP contribution in [0.5, 0.6) is 0 Å². The van der Waals surface area contributed by atoms with Gasteiger partial charge >= 0.3 is 5.97 Å². The highest BCUT2D eigenvalue weighted by Crippen LogP contribution is 2.26. The molecule has 5 nitrogen and oxygen atoms in total. The number of nitrogens with one attached hydrogen (secondary N) is 1. The second-order valence-corrected chi connectivity index (χ2v) is 4.96. The van der Waals surface area contributed by atoms with Crippen LogP contribution in [0.15, 0.2) is 0 Å². The van der Waals surface area contributed by atoms with Gasteiger partial charge in [-0.05, 0) is 38.5 Å². The zero-order valence-corrected chi connectivity index (χ0v) is 9.85. The van der Waals surface area contributed by atoms with Crippen molar-refractivity contribution >= 4 is 11.9 Å². The van der Waals surface area contributed by atoms with Gasteiger partial charge in [-0.3, -0.25) is 9.59 Å². The molecule has 0 aromatic carbocycles. The first-order valence-corrected chi connectivity index (χ1v) is 6.29. The van der Waals surface area contributed by atoms with E-state index < -0.39 is 5.97 Å². The van der Waals surface area contributed by atoms with Crippen molar-refractivity contribution < 1.29 is 19.4 Å². The number of hydrogen-bond acceptors (Lipinski definition) is 3. The monoisotopic (exact) mass is 241 g/mol. The molecule has 0 heterocycles. The first kappa shape index (κ1) is 12.4. The Bertz CT molecular complexity index is 293. The quantitative estimate of drug-likeness (QED) is 0.750. The molecule has 0 aromatic rings. The van der Waals surface area contributed by atoms with Crippen molar-refractivity contribution in [3.05, 3.63) is 0 Å². The van der Waals surface area contributed by atoms with E-state index in [1.807, 2.05) is 0 Å². The van der Waals surface area contributed by atoms with Gasteiger partial charge in [0.2, 0.25) is 5.91 Å². The van der Waals surface area contributed by atoms with Crippen LogP contribution in [0.3, 0.4) is 0 Å². The number of amides is 1. The predicted molar refractivity (Wildman–Crippen MR) is 60.5 cm³/mol. The summed E-state index contributed by atoms with van der Waals surface area (Å²) in [6.45, 7) is 0.110. The van der Waals surface area contributed by atoms with Crippen LogP contribution in [-0.4, -0.2) is 35.7 Å². The molecule has 17 heavy (non-hydrogen) atoms. The molecule has 0 atom stereocenters. The molecule has 0 spiro atoms. The van der Waals surface area contributed by atoms with E-state index >= 15 is 0 Å². The Morgan fingerprint density at radius 3 is 2.29 bits per heavy atom. The van der Waals surface area contributed by atoms with Gasteiger partial charge in [-0.1, -0.05) is 0 Å². The Morgan fingerprint density at radius 1 is 1.12 bits per heavy atom. The van der Waals surface area contributed by atoms with Gasteiger partial charge in [0, 0.05) is 6.04 Å². The summed E-state index contributed by atoms with van der Waals surface area (Å²) in [6, 6.07) is 0.369. The van der Waals surface area contributed by atoms with Crippen LogP contribution >= 0.6 is 0 Å². The number of carboxylic acids is 1. The van der Waals surface area contributed by atoms with Gasteiger partial charge in [0.1, 0.15) is 6.61 Å². The summed E-state index contributed by atoms with van der Waals surface area (Å²) in [5, 5.41) is 11.7. The molecule has 2 saturated carbocycles. The number of aliphatic carboxylic acids is 1. The van der Waals surface area contributed by atoms with Crippen LogP contribution in [-0.2, 0) is 14.3 Å². The van der Waals surface area contributed by atoms with Gasteiger partial charge in [0.05, 0.1) is 12.0 Å². The molecule has 0 unspecified atom stereocenters. The largest absolute Gasteiger partial charge is 0.481 e. The molecule has 0 aliphatic heterocycles. The predicted octanol–water partition coefficient (Wildman–Crippen LogP) is 0.925. The van der Waals surface area contributed by atoms with Crippen molar-refractivity contribution in [1.82, 2.24) is 5.32 Å². The fourth-order valence-corrected chi connectivity index (χ4v) is 2.17. The zero-order valence-electron chi connectivity index (χ0n) is 9.85.